The van der Waals surface area contributed by atoms with Crippen molar-refractivity contribution in [3.8, 4) is 0 Å². The number of hydrogen-bond acceptors (Lipinski definition) is 5. The number of benzene rings is 3. The van der Waals surface area contributed by atoms with Crippen molar-refractivity contribution in [2.24, 2.45) is 0 Å². The number of aliphatic hydroxyl groups is 1. The molecule has 1 saturated heterocycles. The monoisotopic (exact) mass is 565 g/mol. The lowest BCUT2D eigenvalue weighted by Gasteiger charge is -2.36. The molecule has 0 aromatic heterocycles. The van der Waals surface area contributed by atoms with Gasteiger partial charge in [0.15, 0.2) is 6.29 Å². The molecule has 36 heavy (non-hydrogen) atoms. The molecule has 3 unspecified atom stereocenters. The number of carbonyl (C=O) groups is 1. The van der Waals surface area contributed by atoms with Crippen LogP contribution in [0.5, 0.6) is 0 Å². The normalized spacial score (nSPS) is 20.2. The van der Waals surface area contributed by atoms with E-state index in [2.05, 4.69) is 17.4 Å². The van der Waals surface area contributed by atoms with Gasteiger partial charge in [0.25, 0.3) is 9.70 Å². The highest BCUT2D eigenvalue weighted by Gasteiger charge is 2.32. The molecular weight excluding hydrogens is 541 g/mol. The number of hydrogen-bond donors (Lipinski definition) is 2. The number of alkyl halides is 3. The van der Waals surface area contributed by atoms with Gasteiger partial charge >= 0.3 is 0 Å². The summed E-state index contributed by atoms with van der Waals surface area (Å²) in [7, 11) is 0. The van der Waals surface area contributed by atoms with E-state index in [9.17, 15) is 9.90 Å². The van der Waals surface area contributed by atoms with Crippen molar-refractivity contribution in [1.29, 1.82) is 0 Å². The third kappa shape index (κ3) is 7.62. The fourth-order valence-corrected chi connectivity index (χ4v) is 4.95. The van der Waals surface area contributed by atoms with Crippen molar-refractivity contribution >= 4 is 52.5 Å². The molecular formula is C27H26Cl3NO4S. The van der Waals surface area contributed by atoms with Crippen molar-refractivity contribution < 1.29 is 19.4 Å². The lowest BCUT2D eigenvalue weighted by molar-refractivity contribution is -0.245. The van der Waals surface area contributed by atoms with E-state index in [4.69, 9.17) is 44.3 Å². The predicted molar refractivity (Wildman–Crippen MR) is 144 cm³/mol. The molecule has 5 nitrogen and oxygen atoms in total. The minimum atomic E-state index is -2.00. The van der Waals surface area contributed by atoms with Gasteiger partial charge in [0, 0.05) is 29.2 Å². The van der Waals surface area contributed by atoms with Crippen molar-refractivity contribution in [1.82, 2.24) is 5.32 Å². The molecule has 0 saturated carbocycles. The zero-order valence-electron chi connectivity index (χ0n) is 19.3. The van der Waals surface area contributed by atoms with E-state index in [0.717, 1.165) is 34.4 Å². The second kappa shape index (κ2) is 12.7. The minimum Gasteiger partial charge on any atom is -0.392 e. The van der Waals surface area contributed by atoms with E-state index >= 15 is 0 Å². The number of thioether (sulfide) groups is 1. The number of amides is 1. The summed E-state index contributed by atoms with van der Waals surface area (Å²) in [6.07, 6.45) is -0.0102. The Hall–Kier alpha value is -1.77. The largest absolute Gasteiger partial charge is 0.392 e. The first kappa shape index (κ1) is 27.3. The maximum atomic E-state index is 11.8. The second-order valence-corrected chi connectivity index (χ2v) is 11.8. The second-order valence-electron chi connectivity index (χ2n) is 8.40. The highest BCUT2D eigenvalue weighted by atomic mass is 35.6. The van der Waals surface area contributed by atoms with Crippen LogP contribution in [-0.2, 0) is 27.4 Å². The number of aliphatic hydroxyl groups excluding tert-OH is 1. The van der Waals surface area contributed by atoms with Gasteiger partial charge in [-0.3, -0.25) is 4.79 Å². The maximum Gasteiger partial charge on any atom is 0.272 e. The van der Waals surface area contributed by atoms with Gasteiger partial charge in [-0.1, -0.05) is 102 Å². The molecule has 1 amide bonds. The van der Waals surface area contributed by atoms with E-state index in [1.807, 2.05) is 66.7 Å². The topological polar surface area (TPSA) is 67.8 Å². The molecule has 0 spiro atoms. The van der Waals surface area contributed by atoms with Crippen LogP contribution in [0.15, 0.2) is 83.8 Å². The Morgan fingerprint density at radius 2 is 1.56 bits per heavy atom. The average Bonchev–Trinajstić information content (AvgIpc) is 2.90. The summed E-state index contributed by atoms with van der Waals surface area (Å²) in [6.45, 7) is 0.234. The smallest absolute Gasteiger partial charge is 0.272 e. The van der Waals surface area contributed by atoms with Gasteiger partial charge in [0.1, 0.15) is 0 Å². The molecule has 3 aromatic carbocycles. The van der Waals surface area contributed by atoms with Crippen LogP contribution in [0.2, 0.25) is 0 Å². The third-order valence-electron chi connectivity index (χ3n) is 5.76. The SMILES string of the molecule is O=C(NCc1ccc(C2OC(CSc3ccccc3)CC(c3ccc(CO)cc3)O2)cc1)C(Cl)(Cl)Cl. The summed E-state index contributed by atoms with van der Waals surface area (Å²) in [6, 6.07) is 25.7. The first-order chi connectivity index (χ1) is 17.3. The van der Waals surface area contributed by atoms with Crippen molar-refractivity contribution in [2.45, 2.75) is 46.8 Å². The van der Waals surface area contributed by atoms with E-state index in [0.29, 0.717) is 0 Å². The van der Waals surface area contributed by atoms with Crippen LogP contribution in [0, 0.1) is 0 Å². The maximum absolute atomic E-state index is 11.8. The molecule has 0 radical (unpaired) electrons. The summed E-state index contributed by atoms with van der Waals surface area (Å²) in [5, 5.41) is 12.0. The van der Waals surface area contributed by atoms with E-state index in [1.54, 1.807) is 11.8 Å². The average molecular weight is 567 g/mol. The predicted octanol–water partition coefficient (Wildman–Crippen LogP) is 6.50. The zero-order chi connectivity index (χ0) is 25.5. The number of rotatable bonds is 8. The van der Waals surface area contributed by atoms with Crippen molar-refractivity contribution in [3.63, 3.8) is 0 Å². The fraction of sp³-hybridized carbons (Fsp3) is 0.296. The number of halogens is 3. The highest BCUT2D eigenvalue weighted by Crippen LogP contribution is 2.39. The van der Waals surface area contributed by atoms with E-state index in [-0.39, 0.29) is 25.4 Å². The molecule has 1 aliphatic rings. The lowest BCUT2D eigenvalue weighted by atomic mass is 10.0. The fourth-order valence-electron chi connectivity index (χ4n) is 3.80. The van der Waals surface area contributed by atoms with Crippen LogP contribution in [0.3, 0.4) is 0 Å². The van der Waals surface area contributed by atoms with Crippen LogP contribution < -0.4 is 5.32 Å². The van der Waals surface area contributed by atoms with Gasteiger partial charge in [0.2, 0.25) is 0 Å². The lowest BCUT2D eigenvalue weighted by Crippen LogP contribution is -2.34. The van der Waals surface area contributed by atoms with Crippen LogP contribution >= 0.6 is 46.6 Å². The van der Waals surface area contributed by atoms with Gasteiger partial charge < -0.3 is 19.9 Å². The summed E-state index contributed by atoms with van der Waals surface area (Å²) in [4.78, 5) is 13.0. The molecule has 9 heteroatoms. The minimum absolute atomic E-state index is 0.00233. The Balaban J connectivity index is 1.47. The van der Waals surface area contributed by atoms with Crippen molar-refractivity contribution in [3.05, 3.63) is 101 Å². The van der Waals surface area contributed by atoms with Gasteiger partial charge in [0.05, 0.1) is 18.8 Å². The number of ether oxygens (including phenoxy) is 2. The first-order valence-corrected chi connectivity index (χ1v) is 13.6. The molecule has 3 atom stereocenters. The van der Waals surface area contributed by atoms with Gasteiger partial charge in [-0.25, -0.2) is 0 Å². The molecule has 1 aliphatic heterocycles. The van der Waals surface area contributed by atoms with Gasteiger partial charge in [-0.05, 0) is 28.8 Å². The van der Waals surface area contributed by atoms with E-state index in [1.165, 1.54) is 4.90 Å². The summed E-state index contributed by atoms with van der Waals surface area (Å²) in [5.74, 6) is 0.111. The Labute approximate surface area is 230 Å². The van der Waals surface area contributed by atoms with Crippen LogP contribution in [0.4, 0.5) is 0 Å². The molecule has 190 valence electrons. The molecule has 1 heterocycles. The van der Waals surface area contributed by atoms with E-state index < -0.39 is 16.0 Å². The number of nitrogens with one attached hydrogen (secondary N) is 1. The standard InChI is InChI=1S/C27H26Cl3NO4S/c28-27(29,30)26(33)31-15-18-6-12-21(13-7-18)25-34-22(17-36-23-4-2-1-3-5-23)14-24(35-25)20-10-8-19(16-32)9-11-20/h1-13,22,24-25,32H,14-17H2,(H,31,33). The van der Waals surface area contributed by atoms with Crippen LogP contribution in [-0.4, -0.2) is 26.7 Å². The van der Waals surface area contributed by atoms with Gasteiger partial charge in [-0.15, -0.1) is 11.8 Å². The molecule has 1 fully saturated rings. The third-order valence-corrected chi connectivity index (χ3v) is 7.42. The molecule has 0 aliphatic carbocycles. The Bertz CT molecular complexity index is 1120. The Morgan fingerprint density at radius 3 is 2.19 bits per heavy atom. The van der Waals surface area contributed by atoms with Crippen LogP contribution in [0.25, 0.3) is 0 Å². The van der Waals surface area contributed by atoms with Gasteiger partial charge in [-0.2, -0.15) is 0 Å². The quantitative estimate of drug-likeness (QED) is 0.241. The first-order valence-electron chi connectivity index (χ1n) is 11.4. The number of carbonyl (C=O) groups excluding carboxylic acids is 1. The summed E-state index contributed by atoms with van der Waals surface area (Å²) < 4.78 is 10.8. The zero-order valence-corrected chi connectivity index (χ0v) is 22.4. The van der Waals surface area contributed by atoms with Crippen molar-refractivity contribution in [2.75, 3.05) is 5.75 Å². The van der Waals surface area contributed by atoms with Crippen LogP contribution in [0.1, 0.15) is 41.1 Å². The summed E-state index contributed by atoms with van der Waals surface area (Å²) >= 11 is 18.6. The summed E-state index contributed by atoms with van der Waals surface area (Å²) in [5.41, 5.74) is 3.62. The highest BCUT2D eigenvalue weighted by molar-refractivity contribution is 7.99. The Kier molecular flexibility index (Phi) is 9.58. The molecule has 3 aromatic rings. The molecule has 0 bridgehead atoms. The molecule has 2 N–H and O–H groups in total. The Morgan fingerprint density at radius 1 is 0.917 bits per heavy atom. The molecule has 4 rings (SSSR count).